The van der Waals surface area contributed by atoms with Crippen LogP contribution in [0, 0.1) is 16.7 Å². The summed E-state index contributed by atoms with van der Waals surface area (Å²) in [7, 11) is 2.13. The Bertz CT molecular complexity index is 930. The largest absolute Gasteiger partial charge is 0.506 e. The van der Waals surface area contributed by atoms with Crippen molar-refractivity contribution in [2.45, 2.75) is 70.1 Å². The normalized spacial score (nSPS) is 33.8. The van der Waals surface area contributed by atoms with E-state index < -0.39 is 5.66 Å². The number of aromatic nitrogens is 1. The van der Waals surface area contributed by atoms with Crippen molar-refractivity contribution in [2.24, 2.45) is 22.8 Å². The van der Waals surface area contributed by atoms with Gasteiger partial charge in [0.05, 0.1) is 5.66 Å². The van der Waals surface area contributed by atoms with E-state index >= 15 is 0 Å². The summed E-state index contributed by atoms with van der Waals surface area (Å²) >= 11 is 0. The van der Waals surface area contributed by atoms with Gasteiger partial charge in [-0.05, 0) is 70.2 Å². The second-order valence-corrected chi connectivity index (χ2v) is 10.1. The van der Waals surface area contributed by atoms with Gasteiger partial charge in [0.15, 0.2) is 0 Å². The van der Waals surface area contributed by atoms with Gasteiger partial charge in [-0.25, -0.2) is 0 Å². The molecule has 1 aromatic heterocycles. The molecule has 164 valence electrons. The number of nitrogens with zero attached hydrogens (tertiary/aromatic N) is 2. The molecule has 1 saturated carbocycles. The van der Waals surface area contributed by atoms with Crippen molar-refractivity contribution in [2.75, 3.05) is 13.6 Å². The van der Waals surface area contributed by atoms with Crippen LogP contribution in [0.25, 0.3) is 5.57 Å². The molecule has 2 aliphatic carbocycles. The molecule has 1 aromatic rings. The average molecular weight is 412 g/mol. The first-order valence-corrected chi connectivity index (χ1v) is 11.3. The Kier molecular flexibility index (Phi) is 5.45. The number of likely N-dealkylation sites (tertiary alicyclic amines) is 1. The average Bonchev–Trinajstić information content (AvgIpc) is 3.07. The zero-order valence-corrected chi connectivity index (χ0v) is 18.6. The van der Waals surface area contributed by atoms with Crippen LogP contribution in [-0.4, -0.2) is 40.2 Å². The fourth-order valence-electron chi connectivity index (χ4n) is 5.91. The van der Waals surface area contributed by atoms with Gasteiger partial charge in [-0.3, -0.25) is 5.41 Å². The van der Waals surface area contributed by atoms with Crippen LogP contribution in [0.15, 0.2) is 30.5 Å². The highest BCUT2D eigenvalue weighted by Gasteiger charge is 2.44. The number of rotatable bonds is 4. The molecular weight excluding hydrogens is 374 g/mol. The molecule has 6 nitrogen and oxygen atoms in total. The molecular formula is C24H37N5O. The lowest BCUT2D eigenvalue weighted by Gasteiger charge is -2.47. The molecule has 0 radical (unpaired) electrons. The third kappa shape index (κ3) is 3.55. The Hall–Kier alpha value is -1.89. The summed E-state index contributed by atoms with van der Waals surface area (Å²) in [6, 6.07) is 2.30. The molecule has 5 unspecified atom stereocenters. The molecule has 0 spiro atoms. The van der Waals surface area contributed by atoms with Crippen molar-refractivity contribution < 1.29 is 5.11 Å². The molecule has 2 heterocycles. The molecule has 6 heteroatoms. The van der Waals surface area contributed by atoms with E-state index in [4.69, 9.17) is 16.9 Å². The van der Waals surface area contributed by atoms with E-state index in [-0.39, 0.29) is 23.1 Å². The number of nitrogens with two attached hydrogens (primary N) is 2. The van der Waals surface area contributed by atoms with Gasteiger partial charge in [-0.15, -0.1) is 0 Å². The Balaban J connectivity index is 1.67. The van der Waals surface area contributed by atoms with Crippen LogP contribution in [-0.2, 0) is 5.66 Å². The van der Waals surface area contributed by atoms with E-state index in [1.807, 2.05) is 6.92 Å². The van der Waals surface area contributed by atoms with Gasteiger partial charge in [0.25, 0.3) is 0 Å². The topological polar surface area (TPSA) is 104 Å². The second-order valence-electron chi connectivity index (χ2n) is 10.1. The number of hydrogen-bond donors (Lipinski definition) is 4. The van der Waals surface area contributed by atoms with Gasteiger partial charge >= 0.3 is 0 Å². The number of nitrogens with one attached hydrogen (secondary N) is 1. The predicted molar refractivity (Wildman–Crippen MR) is 121 cm³/mol. The number of fused-ring (bicyclic) bond motifs is 1. The second kappa shape index (κ2) is 7.66. The first-order valence-electron chi connectivity index (χ1n) is 11.3. The minimum Gasteiger partial charge on any atom is -0.506 e. The first kappa shape index (κ1) is 21.3. The summed E-state index contributed by atoms with van der Waals surface area (Å²) in [6.45, 7) is 5.27. The minimum absolute atomic E-state index is 0.109. The van der Waals surface area contributed by atoms with Crippen molar-refractivity contribution >= 4 is 5.57 Å². The lowest BCUT2D eigenvalue weighted by molar-refractivity contribution is 0.182. The van der Waals surface area contributed by atoms with E-state index in [1.165, 1.54) is 6.42 Å². The van der Waals surface area contributed by atoms with Crippen LogP contribution in [0.4, 0.5) is 0 Å². The van der Waals surface area contributed by atoms with Crippen molar-refractivity contribution in [3.63, 3.8) is 0 Å². The van der Waals surface area contributed by atoms with Crippen LogP contribution in [0.2, 0.25) is 0 Å². The van der Waals surface area contributed by atoms with Gasteiger partial charge in [-0.1, -0.05) is 31.6 Å². The highest BCUT2D eigenvalue weighted by atomic mass is 16.3. The molecule has 1 aliphatic heterocycles. The Morgan fingerprint density at radius 3 is 2.77 bits per heavy atom. The summed E-state index contributed by atoms with van der Waals surface area (Å²) in [5.74, 6) is 0.439. The molecule has 5 atom stereocenters. The van der Waals surface area contributed by atoms with Crippen molar-refractivity contribution in [3.05, 3.63) is 41.5 Å². The maximum Gasteiger partial charge on any atom is 0.139 e. The fraction of sp³-hybridized carbons (Fsp3) is 0.625. The maximum absolute atomic E-state index is 11.0. The fourth-order valence-corrected chi connectivity index (χ4v) is 5.91. The van der Waals surface area contributed by atoms with E-state index in [0.717, 1.165) is 49.8 Å². The van der Waals surface area contributed by atoms with Crippen molar-refractivity contribution in [1.82, 2.24) is 9.47 Å². The molecule has 3 aliphatic rings. The van der Waals surface area contributed by atoms with Gasteiger partial charge in [0, 0.05) is 29.3 Å². The molecule has 30 heavy (non-hydrogen) atoms. The molecule has 2 fully saturated rings. The summed E-state index contributed by atoms with van der Waals surface area (Å²) in [4.78, 5) is 2.34. The molecule has 4 rings (SSSR count). The van der Waals surface area contributed by atoms with E-state index in [9.17, 15) is 5.11 Å². The highest BCUT2D eigenvalue weighted by molar-refractivity contribution is 5.75. The summed E-state index contributed by atoms with van der Waals surface area (Å²) in [5.41, 5.74) is 14.5. The maximum atomic E-state index is 11.0. The van der Waals surface area contributed by atoms with Crippen LogP contribution < -0.4 is 17.0 Å². The zero-order valence-electron chi connectivity index (χ0n) is 18.6. The minimum atomic E-state index is -0.737. The van der Waals surface area contributed by atoms with Gasteiger partial charge < -0.3 is 26.0 Å². The van der Waals surface area contributed by atoms with E-state index in [1.54, 1.807) is 16.8 Å². The lowest BCUT2D eigenvalue weighted by Crippen LogP contribution is -2.49. The SMILES string of the molecule is CN1CCCC1CC(C)(N)n1cc(O)c(C2=CC=CC3(C)C(N)CCCC23)cc1=N. The molecule has 0 amide bonds. The van der Waals surface area contributed by atoms with Crippen molar-refractivity contribution in [1.29, 1.82) is 5.41 Å². The van der Waals surface area contributed by atoms with Gasteiger partial charge in [-0.2, -0.15) is 0 Å². The summed E-state index contributed by atoms with van der Waals surface area (Å²) in [6.07, 6.45) is 14.2. The van der Waals surface area contributed by atoms with Crippen LogP contribution in [0.1, 0.15) is 57.9 Å². The number of pyridine rings is 1. The first-order chi connectivity index (χ1) is 14.1. The number of hydrogen-bond acceptors (Lipinski definition) is 5. The molecule has 0 aromatic carbocycles. The molecule has 6 N–H and O–H groups in total. The quantitative estimate of drug-likeness (QED) is 0.611. The van der Waals surface area contributed by atoms with Crippen molar-refractivity contribution in [3.8, 4) is 5.75 Å². The van der Waals surface area contributed by atoms with Crippen LogP contribution in [0.3, 0.4) is 0 Å². The van der Waals surface area contributed by atoms with Crippen LogP contribution >= 0.6 is 0 Å². The third-order valence-corrected chi connectivity index (χ3v) is 7.91. The summed E-state index contributed by atoms with van der Waals surface area (Å²) < 4.78 is 1.73. The Morgan fingerprint density at radius 2 is 2.07 bits per heavy atom. The molecule has 1 saturated heterocycles. The number of aromatic hydroxyl groups is 1. The Morgan fingerprint density at radius 1 is 1.30 bits per heavy atom. The zero-order chi connectivity index (χ0) is 21.7. The van der Waals surface area contributed by atoms with E-state index in [0.29, 0.717) is 11.5 Å². The van der Waals surface area contributed by atoms with Gasteiger partial charge in [0.2, 0.25) is 0 Å². The summed E-state index contributed by atoms with van der Waals surface area (Å²) in [5, 5.41) is 19.7. The molecule has 0 bridgehead atoms. The predicted octanol–water partition coefficient (Wildman–Crippen LogP) is 2.88. The highest BCUT2D eigenvalue weighted by Crippen LogP contribution is 2.51. The smallest absolute Gasteiger partial charge is 0.139 e. The third-order valence-electron chi connectivity index (χ3n) is 7.91. The standard InChI is InChI=1S/C24H37N5O/c1-23-11-5-8-17(19(23)9-4-10-21(23)25)18-13-22(26)29(15-20(18)30)24(2,27)14-16-7-6-12-28(16)3/h5,8,11,13,15-16,19,21,26,30H,4,6-7,9-10,12,14,25,27H2,1-3H3. The van der Waals surface area contributed by atoms with E-state index in [2.05, 4.69) is 37.1 Å². The monoisotopic (exact) mass is 411 g/mol. The number of allylic oxidation sites excluding steroid dienone is 3. The van der Waals surface area contributed by atoms with Crippen LogP contribution in [0.5, 0.6) is 5.75 Å². The van der Waals surface area contributed by atoms with Gasteiger partial charge in [0.1, 0.15) is 11.2 Å². The Labute approximate surface area is 179 Å². The lowest BCUT2D eigenvalue weighted by atomic mass is 9.59.